The molecule has 0 bridgehead atoms. The van der Waals surface area contributed by atoms with Crippen molar-refractivity contribution in [1.29, 1.82) is 0 Å². The first-order valence-corrected chi connectivity index (χ1v) is 9.79. The second-order valence-corrected chi connectivity index (χ2v) is 7.04. The van der Waals surface area contributed by atoms with Crippen LogP contribution >= 0.6 is 24.0 Å². The van der Waals surface area contributed by atoms with Crippen molar-refractivity contribution in [3.8, 4) is 0 Å². The fourth-order valence-corrected chi connectivity index (χ4v) is 3.40. The van der Waals surface area contributed by atoms with E-state index in [4.69, 9.17) is 4.99 Å². The average Bonchev–Trinajstić information content (AvgIpc) is 3.28. The van der Waals surface area contributed by atoms with Crippen LogP contribution in [0.1, 0.15) is 42.3 Å². The Labute approximate surface area is 185 Å². The van der Waals surface area contributed by atoms with Gasteiger partial charge in [-0.2, -0.15) is 5.10 Å². The van der Waals surface area contributed by atoms with Gasteiger partial charge in [-0.05, 0) is 45.2 Å². The molecule has 1 aliphatic heterocycles. The largest absolute Gasteiger partial charge is 0.357 e. The second kappa shape index (κ2) is 10.6. The summed E-state index contributed by atoms with van der Waals surface area (Å²) >= 11 is 0. The minimum atomic E-state index is 0. The van der Waals surface area contributed by atoms with E-state index in [0.29, 0.717) is 13.1 Å². The molecule has 154 valence electrons. The highest BCUT2D eigenvalue weighted by Crippen LogP contribution is 2.17. The summed E-state index contributed by atoms with van der Waals surface area (Å²) < 4.78 is 1.92. The van der Waals surface area contributed by atoms with E-state index < -0.39 is 0 Å². The zero-order valence-electron chi connectivity index (χ0n) is 17.3. The number of pyridine rings is 1. The normalized spacial score (nSPS) is 14.1. The predicted octanol–water partition coefficient (Wildman–Crippen LogP) is 2.91. The minimum absolute atomic E-state index is 0. The SMILES string of the molecule is CCNC(=NCc1ccc(N2CCCC2)nc1)NCc1c(C)nn(C)c1C.I. The van der Waals surface area contributed by atoms with Crippen molar-refractivity contribution in [2.75, 3.05) is 24.5 Å². The third-order valence-corrected chi connectivity index (χ3v) is 5.09. The standard InChI is InChI=1S/C20H31N7.HI/c1-5-21-20(24-14-18-15(2)25-26(4)16(18)3)23-13-17-8-9-19(22-12-17)27-10-6-7-11-27;/h8-9,12H,5-7,10-11,13-14H2,1-4H3,(H2,21,23,24);1H. The van der Waals surface area contributed by atoms with Gasteiger partial charge in [0.15, 0.2) is 5.96 Å². The number of halogens is 1. The fraction of sp³-hybridized carbons (Fsp3) is 0.550. The molecule has 0 unspecified atom stereocenters. The molecule has 1 fully saturated rings. The van der Waals surface area contributed by atoms with Gasteiger partial charge in [-0.25, -0.2) is 9.98 Å². The number of aryl methyl sites for hydroxylation is 2. The van der Waals surface area contributed by atoms with Crippen LogP contribution in [-0.4, -0.2) is 40.4 Å². The first kappa shape index (κ1) is 22.4. The average molecular weight is 497 g/mol. The van der Waals surface area contributed by atoms with E-state index in [1.165, 1.54) is 24.1 Å². The van der Waals surface area contributed by atoms with Crippen LogP contribution in [0.25, 0.3) is 0 Å². The van der Waals surface area contributed by atoms with Crippen LogP contribution in [0.5, 0.6) is 0 Å². The zero-order valence-corrected chi connectivity index (χ0v) is 19.7. The highest BCUT2D eigenvalue weighted by Gasteiger charge is 2.13. The molecule has 2 aromatic rings. The summed E-state index contributed by atoms with van der Waals surface area (Å²) in [6.07, 6.45) is 4.47. The first-order valence-electron chi connectivity index (χ1n) is 9.79. The van der Waals surface area contributed by atoms with E-state index in [9.17, 15) is 0 Å². The molecule has 0 aliphatic carbocycles. The molecule has 8 heteroatoms. The Morgan fingerprint density at radius 1 is 1.18 bits per heavy atom. The molecular weight excluding hydrogens is 465 g/mol. The maximum atomic E-state index is 4.71. The Bertz CT molecular complexity index is 777. The highest BCUT2D eigenvalue weighted by atomic mass is 127. The van der Waals surface area contributed by atoms with Gasteiger partial charge in [0.05, 0.1) is 12.2 Å². The molecule has 0 amide bonds. The Balaban J connectivity index is 0.00000280. The monoisotopic (exact) mass is 497 g/mol. The van der Waals surface area contributed by atoms with Crippen molar-refractivity contribution in [1.82, 2.24) is 25.4 Å². The summed E-state index contributed by atoms with van der Waals surface area (Å²) in [5.74, 6) is 1.89. The molecule has 1 saturated heterocycles. The number of nitrogens with zero attached hydrogens (tertiary/aromatic N) is 5. The van der Waals surface area contributed by atoms with Gasteiger partial charge in [-0.1, -0.05) is 6.07 Å². The third kappa shape index (κ3) is 5.59. The number of aromatic nitrogens is 3. The van der Waals surface area contributed by atoms with Crippen LogP contribution < -0.4 is 15.5 Å². The van der Waals surface area contributed by atoms with Crippen molar-refractivity contribution in [3.05, 3.63) is 40.8 Å². The van der Waals surface area contributed by atoms with Crippen LogP contribution in [0.15, 0.2) is 23.3 Å². The van der Waals surface area contributed by atoms with E-state index in [2.05, 4.69) is 51.6 Å². The number of rotatable bonds is 6. The minimum Gasteiger partial charge on any atom is -0.357 e. The molecule has 28 heavy (non-hydrogen) atoms. The lowest BCUT2D eigenvalue weighted by Crippen LogP contribution is -2.37. The molecule has 3 rings (SSSR count). The van der Waals surface area contributed by atoms with E-state index in [-0.39, 0.29) is 24.0 Å². The van der Waals surface area contributed by atoms with E-state index in [1.807, 2.05) is 24.9 Å². The molecule has 0 atom stereocenters. The Morgan fingerprint density at radius 2 is 1.93 bits per heavy atom. The Hall–Kier alpha value is -1.84. The van der Waals surface area contributed by atoms with Gasteiger partial charge in [0, 0.05) is 50.7 Å². The Kier molecular flexibility index (Phi) is 8.53. The van der Waals surface area contributed by atoms with Crippen molar-refractivity contribution < 1.29 is 0 Å². The van der Waals surface area contributed by atoms with E-state index in [1.54, 1.807) is 0 Å². The number of anilines is 1. The fourth-order valence-electron chi connectivity index (χ4n) is 3.40. The van der Waals surface area contributed by atoms with Gasteiger partial charge in [-0.3, -0.25) is 4.68 Å². The molecule has 0 aromatic carbocycles. The Morgan fingerprint density at radius 3 is 2.50 bits per heavy atom. The molecule has 0 spiro atoms. The third-order valence-electron chi connectivity index (χ3n) is 5.09. The first-order chi connectivity index (χ1) is 13.1. The van der Waals surface area contributed by atoms with Gasteiger partial charge < -0.3 is 15.5 Å². The van der Waals surface area contributed by atoms with Crippen LogP contribution in [0.2, 0.25) is 0 Å². The second-order valence-electron chi connectivity index (χ2n) is 7.04. The summed E-state index contributed by atoms with van der Waals surface area (Å²) in [6, 6.07) is 4.24. The maximum absolute atomic E-state index is 4.71. The topological polar surface area (TPSA) is 70.4 Å². The van der Waals surface area contributed by atoms with Gasteiger partial charge in [0.25, 0.3) is 0 Å². The smallest absolute Gasteiger partial charge is 0.191 e. The van der Waals surface area contributed by atoms with Gasteiger partial charge in [-0.15, -0.1) is 24.0 Å². The lowest BCUT2D eigenvalue weighted by molar-refractivity contribution is 0.728. The lowest BCUT2D eigenvalue weighted by Gasteiger charge is -2.16. The predicted molar refractivity (Wildman–Crippen MR) is 125 cm³/mol. The number of nitrogens with one attached hydrogen (secondary N) is 2. The van der Waals surface area contributed by atoms with Gasteiger partial charge in [0.2, 0.25) is 0 Å². The highest BCUT2D eigenvalue weighted by molar-refractivity contribution is 14.0. The number of hydrogen-bond acceptors (Lipinski definition) is 4. The summed E-state index contributed by atoms with van der Waals surface area (Å²) in [4.78, 5) is 11.7. The van der Waals surface area contributed by atoms with Crippen molar-refractivity contribution in [2.45, 2.75) is 46.7 Å². The summed E-state index contributed by atoms with van der Waals surface area (Å²) in [7, 11) is 1.98. The zero-order chi connectivity index (χ0) is 19.2. The quantitative estimate of drug-likeness (QED) is 0.365. The molecule has 2 aromatic heterocycles. The molecule has 7 nitrogen and oxygen atoms in total. The molecule has 3 heterocycles. The van der Waals surface area contributed by atoms with Crippen LogP contribution in [-0.2, 0) is 20.1 Å². The molecular formula is C20H32IN7. The van der Waals surface area contributed by atoms with E-state index >= 15 is 0 Å². The number of hydrogen-bond donors (Lipinski definition) is 2. The van der Waals surface area contributed by atoms with E-state index in [0.717, 1.165) is 42.7 Å². The summed E-state index contributed by atoms with van der Waals surface area (Å²) in [5, 5.41) is 11.2. The van der Waals surface area contributed by atoms with Gasteiger partial charge in [0.1, 0.15) is 5.82 Å². The van der Waals surface area contributed by atoms with Crippen LogP contribution in [0.3, 0.4) is 0 Å². The molecule has 2 N–H and O–H groups in total. The van der Waals surface area contributed by atoms with Crippen LogP contribution in [0.4, 0.5) is 5.82 Å². The van der Waals surface area contributed by atoms with Crippen LogP contribution in [0, 0.1) is 13.8 Å². The molecule has 0 saturated carbocycles. The number of guanidine groups is 1. The van der Waals surface area contributed by atoms with Crippen molar-refractivity contribution >= 4 is 35.8 Å². The maximum Gasteiger partial charge on any atom is 0.191 e. The molecule has 1 aliphatic rings. The lowest BCUT2D eigenvalue weighted by atomic mass is 10.2. The number of aliphatic imine (C=N–C) groups is 1. The van der Waals surface area contributed by atoms with Gasteiger partial charge >= 0.3 is 0 Å². The summed E-state index contributed by atoms with van der Waals surface area (Å²) in [6.45, 7) is 10.6. The molecule has 0 radical (unpaired) electrons. The van der Waals surface area contributed by atoms with Crippen molar-refractivity contribution in [2.24, 2.45) is 12.0 Å². The summed E-state index contributed by atoms with van der Waals surface area (Å²) in [5.41, 5.74) is 4.57. The van der Waals surface area contributed by atoms with Crippen molar-refractivity contribution in [3.63, 3.8) is 0 Å².